The molecule has 1 saturated heterocycles. The summed E-state index contributed by atoms with van der Waals surface area (Å²) in [6, 6.07) is 0.491. The van der Waals surface area contributed by atoms with Crippen LogP contribution < -0.4 is 56.7 Å². The number of hydrogen-bond donors (Lipinski definition) is 1. The predicted molar refractivity (Wildman–Crippen MR) is 86.6 cm³/mol. The molecule has 20 heavy (non-hydrogen) atoms. The molecular formula is C16H35KN2O-2. The maximum Gasteiger partial charge on any atom is 1.00 e. The Hall–Kier alpha value is 1.07. The van der Waals surface area contributed by atoms with Crippen LogP contribution in [0, 0.1) is 20.8 Å². The molecule has 3 nitrogen and oxygen atoms in total. The predicted octanol–water partition coefficient (Wildman–Crippen LogP) is 0.520. The average Bonchev–Trinajstić information content (AvgIpc) is 2.45. The van der Waals surface area contributed by atoms with Gasteiger partial charge < -0.3 is 31.0 Å². The molecule has 1 N–H and O–H groups in total. The van der Waals surface area contributed by atoms with Crippen LogP contribution in [-0.4, -0.2) is 36.0 Å². The van der Waals surface area contributed by atoms with Gasteiger partial charge in [-0.15, -0.1) is 0 Å². The van der Waals surface area contributed by atoms with Gasteiger partial charge in [0.05, 0.1) is 0 Å². The fraction of sp³-hybridized carbons (Fsp3) is 0.750. The van der Waals surface area contributed by atoms with Crippen molar-refractivity contribution in [3.8, 4) is 0 Å². The fourth-order valence-electron chi connectivity index (χ4n) is 1.70. The smallest absolute Gasteiger partial charge is 0.358 e. The first-order valence-electron chi connectivity index (χ1n) is 7.47. The first-order chi connectivity index (χ1) is 9.09. The molecule has 1 rings (SSSR count). The molecule has 0 aromatic rings. The number of nitrogens with zero attached hydrogens (tertiary/aromatic N) is 1. The number of amides is 1. The van der Waals surface area contributed by atoms with Gasteiger partial charge >= 0.3 is 51.4 Å². The van der Waals surface area contributed by atoms with Gasteiger partial charge in [-0.25, -0.2) is 6.04 Å². The number of likely N-dealkylation sites (tertiary alicyclic amines) is 1. The second kappa shape index (κ2) is 22.3. The van der Waals surface area contributed by atoms with Crippen molar-refractivity contribution >= 4 is 5.91 Å². The van der Waals surface area contributed by atoms with E-state index in [1.807, 2.05) is 27.7 Å². The molecule has 1 aliphatic heterocycles. The number of rotatable bonds is 2. The molecule has 0 aliphatic carbocycles. The number of carbonyl (C=O) groups excluding carboxylic acids is 1. The van der Waals surface area contributed by atoms with Crippen LogP contribution in [0.15, 0.2) is 0 Å². The van der Waals surface area contributed by atoms with E-state index < -0.39 is 0 Å². The summed E-state index contributed by atoms with van der Waals surface area (Å²) >= 11 is 0. The summed E-state index contributed by atoms with van der Waals surface area (Å²) in [7, 11) is 0. The molecular weight excluding hydrogens is 275 g/mol. The Morgan fingerprint density at radius 2 is 1.45 bits per heavy atom. The van der Waals surface area contributed by atoms with Crippen molar-refractivity contribution < 1.29 is 56.2 Å². The molecule has 118 valence electrons. The molecule has 4 heteroatoms. The Morgan fingerprint density at radius 1 is 1.10 bits per heavy atom. The minimum absolute atomic E-state index is 0. The minimum atomic E-state index is 0. The Morgan fingerprint density at radius 3 is 1.70 bits per heavy atom. The van der Waals surface area contributed by atoms with Crippen molar-refractivity contribution in [3.05, 3.63) is 20.8 Å². The van der Waals surface area contributed by atoms with Crippen molar-refractivity contribution in [2.24, 2.45) is 0 Å². The van der Waals surface area contributed by atoms with Crippen LogP contribution >= 0.6 is 0 Å². The summed E-state index contributed by atoms with van der Waals surface area (Å²) < 4.78 is 0. The molecule has 1 heterocycles. The van der Waals surface area contributed by atoms with Crippen LogP contribution in [0.1, 0.15) is 54.4 Å². The van der Waals surface area contributed by atoms with Crippen molar-refractivity contribution in [3.63, 3.8) is 0 Å². The molecule has 0 bridgehead atoms. The number of carbonyl (C=O) groups is 1. The average molecular weight is 311 g/mol. The van der Waals surface area contributed by atoms with Crippen molar-refractivity contribution in [2.75, 3.05) is 13.1 Å². The molecule has 0 radical (unpaired) electrons. The molecule has 0 aromatic carbocycles. The summed E-state index contributed by atoms with van der Waals surface area (Å²) in [5.74, 6) is 0.0687. The van der Waals surface area contributed by atoms with E-state index in [-0.39, 0.29) is 63.3 Å². The van der Waals surface area contributed by atoms with Crippen LogP contribution in [0.4, 0.5) is 0 Å². The number of nitrogens with one attached hydrogen (secondary N) is 1. The summed E-state index contributed by atoms with van der Waals surface area (Å²) in [6.07, 6.45) is 2.03. The van der Waals surface area contributed by atoms with Gasteiger partial charge in [-0.1, -0.05) is 27.7 Å². The van der Waals surface area contributed by atoms with Crippen molar-refractivity contribution in [1.29, 1.82) is 0 Å². The molecule has 0 unspecified atom stereocenters. The molecule has 0 atom stereocenters. The Bertz CT molecular complexity index is 179. The second-order valence-electron chi connectivity index (χ2n) is 3.66. The summed E-state index contributed by atoms with van der Waals surface area (Å²) in [5, 5.41) is 2.93. The van der Waals surface area contributed by atoms with E-state index in [2.05, 4.69) is 31.0 Å². The summed E-state index contributed by atoms with van der Waals surface area (Å²) in [4.78, 5) is 13.0. The van der Waals surface area contributed by atoms with E-state index in [1.54, 1.807) is 13.8 Å². The van der Waals surface area contributed by atoms with Gasteiger partial charge in [0.25, 0.3) is 0 Å². The Balaban J connectivity index is -0.000000162. The van der Waals surface area contributed by atoms with E-state index in [0.29, 0.717) is 6.04 Å². The maximum atomic E-state index is 10.8. The van der Waals surface area contributed by atoms with Gasteiger partial charge in [0, 0.05) is 13.0 Å². The number of piperidine rings is 1. The van der Waals surface area contributed by atoms with Gasteiger partial charge in [0.1, 0.15) is 0 Å². The Labute approximate surface area is 171 Å². The van der Waals surface area contributed by atoms with Crippen LogP contribution in [0.25, 0.3) is 0 Å². The van der Waals surface area contributed by atoms with Crippen LogP contribution in [0.5, 0.6) is 0 Å². The molecule has 1 aliphatic rings. The van der Waals surface area contributed by atoms with Crippen molar-refractivity contribution in [2.45, 2.75) is 66.5 Å². The minimum Gasteiger partial charge on any atom is -0.358 e. The zero-order chi connectivity index (χ0) is 15.8. The summed E-state index contributed by atoms with van der Waals surface area (Å²) in [6.45, 7) is 24.3. The van der Waals surface area contributed by atoms with E-state index in [0.717, 1.165) is 25.9 Å². The third-order valence-electron chi connectivity index (χ3n) is 2.45. The van der Waals surface area contributed by atoms with E-state index in [4.69, 9.17) is 0 Å². The van der Waals surface area contributed by atoms with E-state index >= 15 is 0 Å². The molecule has 0 saturated carbocycles. The summed E-state index contributed by atoms with van der Waals surface area (Å²) in [5.41, 5.74) is 0. The molecule has 1 amide bonds. The van der Waals surface area contributed by atoms with Gasteiger partial charge in [0.2, 0.25) is 5.91 Å². The first-order valence-corrected chi connectivity index (χ1v) is 7.47. The van der Waals surface area contributed by atoms with Crippen LogP contribution in [0.3, 0.4) is 0 Å². The largest absolute Gasteiger partial charge is 1.00 e. The first kappa shape index (κ1) is 29.1. The van der Waals surface area contributed by atoms with Gasteiger partial charge in [-0.2, -0.15) is 6.92 Å². The second-order valence-corrected chi connectivity index (χ2v) is 3.66. The number of hydrogen-bond acceptors (Lipinski definition) is 2. The Kier molecular flexibility index (Phi) is 32.5. The van der Waals surface area contributed by atoms with Gasteiger partial charge in [-0.05, 0) is 25.9 Å². The van der Waals surface area contributed by atoms with Gasteiger partial charge in [-0.3, -0.25) is 4.79 Å². The SMILES string of the molecule is CC.CC.[CH2-]C.[CH2-]C([CH2-])N1CCC(NC(C)=O)CC1.[K+]. The zero-order valence-electron chi connectivity index (χ0n) is 15.0. The molecule has 0 aromatic heterocycles. The molecule has 1 fully saturated rings. The zero-order valence-corrected chi connectivity index (χ0v) is 18.1. The van der Waals surface area contributed by atoms with Gasteiger partial charge in [0.15, 0.2) is 0 Å². The van der Waals surface area contributed by atoms with Crippen LogP contribution in [0.2, 0.25) is 0 Å². The van der Waals surface area contributed by atoms with E-state index in [1.165, 1.54) is 0 Å². The van der Waals surface area contributed by atoms with E-state index in [9.17, 15) is 4.79 Å². The third kappa shape index (κ3) is 17.1. The quantitative estimate of drug-likeness (QED) is 0.596. The topological polar surface area (TPSA) is 32.3 Å². The normalized spacial score (nSPS) is 14.3. The fourth-order valence-corrected chi connectivity index (χ4v) is 1.70. The standard InChI is InChI=1S/C10H18N2O.2C2H6.C2H5.K/c1-8(2)12-6-4-10(5-7-12)11-9(3)13;3*1-2;/h8,10H,1-2,4-7H2,3H3,(H,11,13);2*1-2H3;1H2,2H3;/q-2;;;-1;+1. The van der Waals surface area contributed by atoms with Crippen molar-refractivity contribution in [1.82, 2.24) is 10.2 Å². The maximum absolute atomic E-state index is 10.8. The third-order valence-corrected chi connectivity index (χ3v) is 2.45. The molecule has 0 spiro atoms. The monoisotopic (exact) mass is 310 g/mol. The van der Waals surface area contributed by atoms with Crippen LogP contribution in [-0.2, 0) is 4.79 Å².